The lowest BCUT2D eigenvalue weighted by atomic mass is 10.1. The number of anilines is 1. The van der Waals surface area contributed by atoms with Gasteiger partial charge in [0.15, 0.2) is 0 Å². The smallest absolute Gasteiger partial charge is 0.351 e. The van der Waals surface area contributed by atoms with Crippen molar-refractivity contribution in [3.63, 3.8) is 0 Å². The summed E-state index contributed by atoms with van der Waals surface area (Å²) < 4.78 is 15.8. The van der Waals surface area contributed by atoms with Gasteiger partial charge in [-0.05, 0) is 45.0 Å². The molecular weight excluding hydrogens is 556 g/mol. The fourth-order valence-electron chi connectivity index (χ4n) is 4.03. The summed E-state index contributed by atoms with van der Waals surface area (Å²) in [5.41, 5.74) is -1.19. The van der Waals surface area contributed by atoms with Gasteiger partial charge in [-0.15, -0.1) is 23.2 Å². The van der Waals surface area contributed by atoms with Crippen molar-refractivity contribution in [1.29, 1.82) is 0 Å². The van der Waals surface area contributed by atoms with Crippen molar-refractivity contribution in [3.8, 4) is 11.3 Å². The molecule has 2 aromatic heterocycles. The Morgan fingerprint density at radius 2 is 1.82 bits per heavy atom. The first-order chi connectivity index (χ1) is 17.8. The summed E-state index contributed by atoms with van der Waals surface area (Å²) in [5, 5.41) is 11.1. The van der Waals surface area contributed by atoms with E-state index in [0.717, 1.165) is 0 Å². The average molecular weight is 585 g/mol. The minimum Gasteiger partial charge on any atom is -0.389 e. The lowest BCUT2D eigenvalue weighted by Crippen LogP contribution is -2.49. The first-order valence-electron chi connectivity index (χ1n) is 11.8. The van der Waals surface area contributed by atoms with Gasteiger partial charge in [-0.3, -0.25) is 9.36 Å². The number of benzene rings is 1. The minimum atomic E-state index is -1.23. The molecule has 0 atom stereocenters. The fraction of sp³-hybridized carbons (Fsp3) is 0.385. The topological polar surface area (TPSA) is 91.6 Å². The van der Waals surface area contributed by atoms with Crippen molar-refractivity contribution < 1.29 is 14.3 Å². The van der Waals surface area contributed by atoms with Crippen molar-refractivity contribution in [2.24, 2.45) is 0 Å². The molecule has 0 saturated carbocycles. The number of carbonyl (C=O) groups is 1. The predicted molar refractivity (Wildman–Crippen MR) is 151 cm³/mol. The molecule has 0 spiro atoms. The van der Waals surface area contributed by atoms with E-state index in [9.17, 15) is 19.1 Å². The zero-order chi connectivity index (χ0) is 28.2. The normalized spacial score (nSPS) is 13.9. The highest BCUT2D eigenvalue weighted by atomic mass is 35.5. The van der Waals surface area contributed by atoms with Gasteiger partial charge in [0.25, 0.3) is 0 Å². The number of aliphatic hydroxyl groups is 1. The highest BCUT2D eigenvalue weighted by Crippen LogP contribution is 2.34. The number of alkyl halides is 2. The number of hydrogen-bond acceptors (Lipinski definition) is 6. The minimum absolute atomic E-state index is 0.0669. The van der Waals surface area contributed by atoms with Crippen molar-refractivity contribution >= 4 is 57.6 Å². The first kappa shape index (κ1) is 29.8. The zero-order valence-corrected chi connectivity index (χ0v) is 23.6. The Labute approximate surface area is 235 Å². The number of halogens is 4. The molecule has 1 N–H and O–H groups in total. The van der Waals surface area contributed by atoms with Crippen LogP contribution in [0.4, 0.5) is 10.2 Å². The Morgan fingerprint density at radius 3 is 2.37 bits per heavy atom. The predicted octanol–water partition coefficient (Wildman–Crippen LogP) is 4.67. The third kappa shape index (κ3) is 7.22. The van der Waals surface area contributed by atoms with Gasteiger partial charge < -0.3 is 14.9 Å². The van der Waals surface area contributed by atoms with Crippen LogP contribution in [-0.4, -0.2) is 67.1 Å². The van der Waals surface area contributed by atoms with Gasteiger partial charge in [0.1, 0.15) is 22.1 Å². The molecule has 8 nitrogen and oxygen atoms in total. The molecular formula is C26H29Cl3FN5O3. The molecule has 1 aliphatic rings. The number of aromatic nitrogens is 3. The molecule has 0 radical (unpaired) electrons. The molecule has 1 fully saturated rings. The first-order valence-corrected chi connectivity index (χ1v) is 13.1. The van der Waals surface area contributed by atoms with Gasteiger partial charge in [-0.25, -0.2) is 14.2 Å². The summed E-state index contributed by atoms with van der Waals surface area (Å²) in [6.07, 6.45) is 1.27. The standard InChI is InChI=1S/C24H25ClFN5O3.C2H4Cl2/c1-4-19(32)29-9-11-30(12-10-29)21-16-13-17(25)20(15-7-5-6-8-18(15)26)27-22(16)31(23(33)28-21)14-24(2,3)34;1-2(3)4/h4-8,13,34H,1,9-12,14H2,2-3H3;2H,1H3. The van der Waals surface area contributed by atoms with Crippen LogP contribution >= 0.6 is 34.8 Å². The summed E-state index contributed by atoms with van der Waals surface area (Å²) in [4.78, 5) is 37.2. The summed E-state index contributed by atoms with van der Waals surface area (Å²) in [6, 6.07) is 7.73. The molecule has 204 valence electrons. The Hall–Kier alpha value is -2.72. The van der Waals surface area contributed by atoms with Gasteiger partial charge >= 0.3 is 5.69 Å². The largest absolute Gasteiger partial charge is 0.389 e. The van der Waals surface area contributed by atoms with E-state index in [1.54, 1.807) is 49.9 Å². The van der Waals surface area contributed by atoms with Crippen molar-refractivity contribution in [1.82, 2.24) is 19.4 Å². The third-order valence-electron chi connectivity index (χ3n) is 5.62. The second kappa shape index (κ2) is 12.4. The van der Waals surface area contributed by atoms with Crippen LogP contribution in [0.15, 0.2) is 47.8 Å². The highest BCUT2D eigenvalue weighted by molar-refractivity contribution is 6.43. The third-order valence-corrected chi connectivity index (χ3v) is 5.91. The summed E-state index contributed by atoms with van der Waals surface area (Å²) in [7, 11) is 0. The number of rotatable bonds is 5. The van der Waals surface area contributed by atoms with E-state index < -0.39 is 17.1 Å². The van der Waals surface area contributed by atoms with Gasteiger partial charge in [-0.1, -0.05) is 30.3 Å². The monoisotopic (exact) mass is 583 g/mol. The lowest BCUT2D eigenvalue weighted by Gasteiger charge is -2.35. The molecule has 1 saturated heterocycles. The van der Waals surface area contributed by atoms with E-state index in [-0.39, 0.29) is 39.2 Å². The van der Waals surface area contributed by atoms with Crippen LogP contribution in [0.1, 0.15) is 20.8 Å². The number of hydrogen-bond donors (Lipinski definition) is 1. The van der Waals surface area contributed by atoms with Gasteiger partial charge in [0.2, 0.25) is 5.91 Å². The van der Waals surface area contributed by atoms with E-state index >= 15 is 0 Å². The number of nitrogens with zero attached hydrogens (tertiary/aromatic N) is 5. The van der Waals surface area contributed by atoms with Gasteiger partial charge in [-0.2, -0.15) is 4.98 Å². The van der Waals surface area contributed by atoms with Crippen molar-refractivity contribution in [2.75, 3.05) is 31.1 Å². The molecule has 1 aliphatic heterocycles. The molecule has 3 aromatic rings. The number of carbonyl (C=O) groups excluding carboxylic acids is 1. The van der Waals surface area contributed by atoms with Gasteiger partial charge in [0, 0.05) is 31.7 Å². The molecule has 0 bridgehead atoms. The second-order valence-corrected chi connectivity index (χ2v) is 11.3. The molecule has 12 heteroatoms. The quantitative estimate of drug-likeness (QED) is 0.346. The summed E-state index contributed by atoms with van der Waals surface area (Å²) >= 11 is 16.6. The van der Waals surface area contributed by atoms with Crippen LogP contribution in [0.5, 0.6) is 0 Å². The van der Waals surface area contributed by atoms with Crippen LogP contribution < -0.4 is 10.6 Å². The maximum Gasteiger partial charge on any atom is 0.351 e. The maximum atomic E-state index is 14.5. The van der Waals surface area contributed by atoms with E-state index in [4.69, 9.17) is 34.8 Å². The van der Waals surface area contributed by atoms with Crippen LogP contribution in [0, 0.1) is 5.82 Å². The van der Waals surface area contributed by atoms with E-state index in [1.165, 1.54) is 16.7 Å². The molecule has 0 unspecified atom stereocenters. The van der Waals surface area contributed by atoms with Crippen molar-refractivity contribution in [2.45, 2.75) is 37.8 Å². The van der Waals surface area contributed by atoms with Crippen LogP contribution in [0.3, 0.4) is 0 Å². The van der Waals surface area contributed by atoms with Crippen LogP contribution in [0.25, 0.3) is 22.3 Å². The Kier molecular flexibility index (Phi) is 9.75. The highest BCUT2D eigenvalue weighted by Gasteiger charge is 2.26. The van der Waals surface area contributed by atoms with Crippen LogP contribution in [-0.2, 0) is 11.3 Å². The Balaban J connectivity index is 0.000000934. The lowest BCUT2D eigenvalue weighted by molar-refractivity contribution is -0.126. The average Bonchev–Trinajstić information content (AvgIpc) is 2.84. The zero-order valence-electron chi connectivity index (χ0n) is 21.3. The Bertz CT molecular complexity index is 1380. The fourth-order valence-corrected chi connectivity index (χ4v) is 4.28. The van der Waals surface area contributed by atoms with Crippen molar-refractivity contribution in [3.05, 3.63) is 64.3 Å². The number of piperazine rings is 1. The summed E-state index contributed by atoms with van der Waals surface area (Å²) in [5.74, 6) is -0.269. The molecule has 1 aromatic carbocycles. The number of fused-ring (bicyclic) bond motifs is 1. The Morgan fingerprint density at radius 1 is 1.21 bits per heavy atom. The van der Waals surface area contributed by atoms with Crippen LogP contribution in [0.2, 0.25) is 5.02 Å². The summed E-state index contributed by atoms with van der Waals surface area (Å²) in [6.45, 7) is 10.1. The van der Waals surface area contributed by atoms with E-state index in [0.29, 0.717) is 37.4 Å². The van der Waals surface area contributed by atoms with E-state index in [2.05, 4.69) is 16.5 Å². The molecule has 3 heterocycles. The number of amides is 1. The number of pyridine rings is 1. The maximum absolute atomic E-state index is 14.5. The van der Waals surface area contributed by atoms with E-state index in [1.807, 2.05) is 4.90 Å². The SMILES string of the molecule is C=CC(=O)N1CCN(c2nc(=O)n(CC(C)(C)O)c3nc(-c4ccccc4F)c(Cl)cc23)CC1.CC(Cl)Cl. The molecule has 0 aliphatic carbocycles. The molecule has 4 rings (SSSR count). The second-order valence-electron chi connectivity index (χ2n) is 9.32. The molecule has 1 amide bonds. The van der Waals surface area contributed by atoms with Gasteiger partial charge in [0.05, 0.1) is 28.2 Å². The molecule has 38 heavy (non-hydrogen) atoms.